The number of nitrogens with zero attached hydrogens (tertiary/aromatic N) is 1. The molecule has 1 nitrogen and oxygen atoms in total. The number of nitriles is 1. The summed E-state index contributed by atoms with van der Waals surface area (Å²) >= 11 is 3.34. The van der Waals surface area contributed by atoms with E-state index in [1.54, 1.807) is 6.07 Å². The van der Waals surface area contributed by atoms with Crippen molar-refractivity contribution in [2.75, 3.05) is 0 Å². The first kappa shape index (κ1) is 11.2. The van der Waals surface area contributed by atoms with Gasteiger partial charge in [0.2, 0.25) is 0 Å². The Bertz CT molecular complexity index is 379. The van der Waals surface area contributed by atoms with E-state index in [-0.39, 0.29) is 5.82 Å². The van der Waals surface area contributed by atoms with Crippen molar-refractivity contribution in [1.29, 1.82) is 5.26 Å². The minimum Gasteiger partial charge on any atom is -0.207 e. The van der Waals surface area contributed by atoms with E-state index in [1.165, 1.54) is 12.1 Å². The lowest BCUT2D eigenvalue weighted by Gasteiger charge is -2.15. The maximum Gasteiger partial charge on any atom is 0.123 e. The van der Waals surface area contributed by atoms with E-state index in [1.807, 2.05) is 13.8 Å². The van der Waals surface area contributed by atoms with Gasteiger partial charge in [0, 0.05) is 4.47 Å². The van der Waals surface area contributed by atoms with Crippen LogP contribution in [0.15, 0.2) is 22.7 Å². The monoisotopic (exact) mass is 255 g/mol. The van der Waals surface area contributed by atoms with Gasteiger partial charge >= 0.3 is 0 Å². The van der Waals surface area contributed by atoms with Gasteiger partial charge in [-0.1, -0.05) is 15.9 Å². The van der Waals surface area contributed by atoms with E-state index in [2.05, 4.69) is 22.0 Å². The van der Waals surface area contributed by atoms with E-state index >= 15 is 0 Å². The van der Waals surface area contributed by atoms with Crippen molar-refractivity contribution < 1.29 is 4.39 Å². The molecule has 1 aromatic carbocycles. The van der Waals surface area contributed by atoms with Crippen LogP contribution in [0.25, 0.3) is 0 Å². The van der Waals surface area contributed by atoms with Crippen LogP contribution in [0.4, 0.5) is 4.39 Å². The minimum absolute atomic E-state index is 0.267. The van der Waals surface area contributed by atoms with E-state index in [0.717, 1.165) is 10.0 Å². The summed E-state index contributed by atoms with van der Waals surface area (Å²) in [5, 5.41) is 8.86. The summed E-state index contributed by atoms with van der Waals surface area (Å²) in [7, 11) is 0. The zero-order valence-electron chi connectivity index (χ0n) is 8.14. The van der Waals surface area contributed by atoms with Crippen LogP contribution in [0.2, 0.25) is 0 Å². The molecule has 14 heavy (non-hydrogen) atoms. The summed E-state index contributed by atoms with van der Waals surface area (Å²) in [6, 6.07) is 6.72. The van der Waals surface area contributed by atoms with Gasteiger partial charge in [0.25, 0.3) is 0 Å². The molecule has 0 aromatic heterocycles. The highest BCUT2D eigenvalue weighted by atomic mass is 79.9. The standard InChI is InChI=1S/C11H11BrFN/c1-11(2,7-14)6-8-5-9(13)3-4-10(8)12/h3-5H,6H2,1-2H3. The van der Waals surface area contributed by atoms with Crippen molar-refractivity contribution >= 4 is 15.9 Å². The Morgan fingerprint density at radius 2 is 2.14 bits per heavy atom. The second-order valence-corrected chi connectivity index (χ2v) is 4.76. The molecule has 1 rings (SSSR count). The molecule has 0 N–H and O–H groups in total. The predicted octanol–water partition coefficient (Wildman–Crippen LogP) is 3.68. The Labute approximate surface area is 91.7 Å². The van der Waals surface area contributed by atoms with Crippen LogP contribution >= 0.6 is 15.9 Å². The molecule has 0 spiro atoms. The molecular formula is C11H11BrFN. The molecule has 0 aliphatic rings. The van der Waals surface area contributed by atoms with Gasteiger partial charge in [-0.15, -0.1) is 0 Å². The van der Waals surface area contributed by atoms with Gasteiger partial charge in [-0.05, 0) is 44.0 Å². The fourth-order valence-corrected chi connectivity index (χ4v) is 1.58. The van der Waals surface area contributed by atoms with Crippen molar-refractivity contribution in [2.24, 2.45) is 5.41 Å². The van der Waals surface area contributed by atoms with Crippen LogP contribution in [0.3, 0.4) is 0 Å². The van der Waals surface area contributed by atoms with Gasteiger partial charge in [-0.3, -0.25) is 0 Å². The third kappa shape index (κ3) is 2.81. The molecule has 0 fully saturated rings. The van der Waals surface area contributed by atoms with Crippen molar-refractivity contribution in [3.63, 3.8) is 0 Å². The number of halogens is 2. The van der Waals surface area contributed by atoms with Crippen LogP contribution in [0.1, 0.15) is 19.4 Å². The van der Waals surface area contributed by atoms with Gasteiger partial charge in [-0.25, -0.2) is 4.39 Å². The molecule has 0 saturated carbocycles. The molecule has 0 aliphatic carbocycles. The fraction of sp³-hybridized carbons (Fsp3) is 0.364. The van der Waals surface area contributed by atoms with Gasteiger partial charge in [-0.2, -0.15) is 5.26 Å². The summed E-state index contributed by atoms with van der Waals surface area (Å²) in [5.41, 5.74) is 0.368. The number of benzene rings is 1. The molecule has 0 heterocycles. The van der Waals surface area contributed by atoms with Crippen LogP contribution in [-0.2, 0) is 6.42 Å². The molecule has 0 unspecified atom stereocenters. The smallest absolute Gasteiger partial charge is 0.123 e. The van der Waals surface area contributed by atoms with Crippen LogP contribution < -0.4 is 0 Å². The summed E-state index contributed by atoms with van der Waals surface area (Å²) in [4.78, 5) is 0. The van der Waals surface area contributed by atoms with E-state index in [0.29, 0.717) is 6.42 Å². The number of hydrogen-bond donors (Lipinski definition) is 0. The molecule has 1 aromatic rings. The third-order valence-corrected chi connectivity index (χ3v) is 2.72. The maximum atomic E-state index is 12.9. The molecule has 0 amide bonds. The molecule has 3 heteroatoms. The Kier molecular flexibility index (Phi) is 3.28. The van der Waals surface area contributed by atoms with Gasteiger partial charge in [0.15, 0.2) is 0 Å². The second-order valence-electron chi connectivity index (χ2n) is 3.91. The van der Waals surface area contributed by atoms with Gasteiger partial charge in [0.05, 0.1) is 11.5 Å². The highest BCUT2D eigenvalue weighted by Crippen LogP contribution is 2.26. The zero-order chi connectivity index (χ0) is 10.8. The topological polar surface area (TPSA) is 23.8 Å². The Balaban J connectivity index is 2.98. The Morgan fingerprint density at radius 3 is 2.71 bits per heavy atom. The summed E-state index contributed by atoms with van der Waals surface area (Å²) in [6.07, 6.45) is 0.543. The fourth-order valence-electron chi connectivity index (χ4n) is 1.19. The largest absolute Gasteiger partial charge is 0.207 e. The second kappa shape index (κ2) is 4.10. The lowest BCUT2D eigenvalue weighted by atomic mass is 9.87. The summed E-state index contributed by atoms with van der Waals surface area (Å²) in [5.74, 6) is -0.267. The molecule has 0 bridgehead atoms. The first-order valence-electron chi connectivity index (χ1n) is 4.30. The van der Waals surface area contributed by atoms with Gasteiger partial charge < -0.3 is 0 Å². The molecular weight excluding hydrogens is 245 g/mol. The molecule has 0 radical (unpaired) electrons. The SMILES string of the molecule is CC(C)(C#N)Cc1cc(F)ccc1Br. The average Bonchev–Trinajstić information content (AvgIpc) is 2.11. The predicted molar refractivity (Wildman–Crippen MR) is 57.2 cm³/mol. The van der Waals surface area contributed by atoms with Gasteiger partial charge in [0.1, 0.15) is 5.82 Å². The summed E-state index contributed by atoms with van der Waals surface area (Å²) in [6.45, 7) is 3.68. The van der Waals surface area contributed by atoms with Crippen LogP contribution in [0.5, 0.6) is 0 Å². The van der Waals surface area contributed by atoms with Crippen molar-refractivity contribution in [3.05, 3.63) is 34.1 Å². The number of rotatable bonds is 2. The highest BCUT2D eigenvalue weighted by molar-refractivity contribution is 9.10. The normalized spacial score (nSPS) is 11.1. The number of hydrogen-bond acceptors (Lipinski definition) is 1. The van der Waals surface area contributed by atoms with Crippen molar-refractivity contribution in [2.45, 2.75) is 20.3 Å². The Morgan fingerprint density at radius 1 is 1.50 bits per heavy atom. The first-order valence-corrected chi connectivity index (χ1v) is 5.09. The molecule has 0 atom stereocenters. The van der Waals surface area contributed by atoms with E-state index in [9.17, 15) is 4.39 Å². The third-order valence-electron chi connectivity index (χ3n) is 1.94. The Hall–Kier alpha value is -0.880. The van der Waals surface area contributed by atoms with E-state index < -0.39 is 5.41 Å². The molecule has 74 valence electrons. The minimum atomic E-state index is -0.462. The van der Waals surface area contributed by atoms with Crippen LogP contribution in [0, 0.1) is 22.6 Å². The van der Waals surface area contributed by atoms with Crippen molar-refractivity contribution in [1.82, 2.24) is 0 Å². The van der Waals surface area contributed by atoms with E-state index in [4.69, 9.17) is 5.26 Å². The molecule has 0 saturated heterocycles. The highest BCUT2D eigenvalue weighted by Gasteiger charge is 2.18. The summed E-state index contributed by atoms with van der Waals surface area (Å²) < 4.78 is 13.8. The zero-order valence-corrected chi connectivity index (χ0v) is 9.73. The maximum absolute atomic E-state index is 12.9. The average molecular weight is 256 g/mol. The first-order chi connectivity index (χ1) is 6.44. The lowest BCUT2D eigenvalue weighted by Crippen LogP contribution is -2.12. The lowest BCUT2D eigenvalue weighted by molar-refractivity contribution is 0.490. The molecule has 0 aliphatic heterocycles. The van der Waals surface area contributed by atoms with Crippen molar-refractivity contribution in [3.8, 4) is 6.07 Å². The van der Waals surface area contributed by atoms with Crippen LogP contribution in [-0.4, -0.2) is 0 Å². The quantitative estimate of drug-likeness (QED) is 0.791.